The number of fused-ring (bicyclic) bond motifs is 1. The Hall–Kier alpha value is -3.46. The molecule has 0 fully saturated rings. The molecule has 0 bridgehead atoms. The Morgan fingerprint density at radius 2 is 1.79 bits per heavy atom. The standard InChI is InChI=1S/C24H24FN3O4S/c1-14-7-8-15(2)20(13-14)26-24(29)23-16(3)22-19(5-4-6-21(22)32-23)27-28-33(30,31)18-11-9-17(25)10-12-18/h7-13,28H,4-6H2,1-3H3,(H,26,29)/b27-19+. The van der Waals surface area contributed by atoms with Gasteiger partial charge < -0.3 is 9.73 Å². The van der Waals surface area contributed by atoms with Crippen molar-refractivity contribution in [3.8, 4) is 0 Å². The van der Waals surface area contributed by atoms with Crippen molar-refractivity contribution in [1.82, 2.24) is 4.83 Å². The maximum absolute atomic E-state index is 13.1. The lowest BCUT2D eigenvalue weighted by molar-refractivity contribution is 0.0994. The number of anilines is 1. The summed E-state index contributed by atoms with van der Waals surface area (Å²) >= 11 is 0. The first-order chi connectivity index (χ1) is 15.7. The van der Waals surface area contributed by atoms with Crippen LogP contribution in [0.15, 0.2) is 56.9 Å². The number of hydrazone groups is 1. The molecule has 2 N–H and O–H groups in total. The number of nitrogens with zero attached hydrogens (tertiary/aromatic N) is 1. The molecule has 33 heavy (non-hydrogen) atoms. The highest BCUT2D eigenvalue weighted by atomic mass is 32.2. The number of hydrogen-bond donors (Lipinski definition) is 2. The van der Waals surface area contributed by atoms with Crippen molar-refractivity contribution < 1.29 is 22.0 Å². The molecule has 0 aliphatic heterocycles. The van der Waals surface area contributed by atoms with Crippen molar-refractivity contribution in [2.75, 3.05) is 5.32 Å². The third kappa shape index (κ3) is 4.68. The highest BCUT2D eigenvalue weighted by Crippen LogP contribution is 2.31. The van der Waals surface area contributed by atoms with Gasteiger partial charge in [-0.2, -0.15) is 18.4 Å². The molecule has 1 aromatic heterocycles. The summed E-state index contributed by atoms with van der Waals surface area (Å²) in [6.45, 7) is 5.62. The molecule has 3 aromatic rings. The number of halogens is 1. The molecule has 1 aliphatic rings. The first kappa shape index (κ1) is 22.7. The normalized spacial score (nSPS) is 14.7. The van der Waals surface area contributed by atoms with E-state index in [9.17, 15) is 17.6 Å². The van der Waals surface area contributed by atoms with Crippen molar-refractivity contribution in [1.29, 1.82) is 0 Å². The molecule has 7 nitrogen and oxygen atoms in total. The fourth-order valence-corrected chi connectivity index (χ4v) is 4.66. The fraction of sp³-hybridized carbons (Fsp3) is 0.250. The van der Waals surface area contributed by atoms with E-state index in [0.29, 0.717) is 47.5 Å². The molecule has 172 valence electrons. The van der Waals surface area contributed by atoms with Gasteiger partial charge in [-0.1, -0.05) is 12.1 Å². The van der Waals surface area contributed by atoms with Gasteiger partial charge >= 0.3 is 0 Å². The Labute approximate surface area is 191 Å². The monoisotopic (exact) mass is 469 g/mol. The van der Waals surface area contributed by atoms with E-state index in [2.05, 4.69) is 15.2 Å². The Morgan fingerprint density at radius 1 is 1.06 bits per heavy atom. The zero-order valence-electron chi connectivity index (χ0n) is 18.5. The Kier molecular flexibility index (Phi) is 6.07. The SMILES string of the molecule is Cc1ccc(C)c(NC(=O)c2oc3c(c2C)/C(=N/NS(=O)(=O)c2ccc(F)cc2)CCC3)c1. The highest BCUT2D eigenvalue weighted by molar-refractivity contribution is 7.89. The summed E-state index contributed by atoms with van der Waals surface area (Å²) in [4.78, 5) is 15.1. The Balaban J connectivity index is 1.61. The molecule has 0 spiro atoms. The van der Waals surface area contributed by atoms with Gasteiger partial charge in [0.25, 0.3) is 15.9 Å². The molecular formula is C24H24FN3O4S. The molecule has 0 saturated carbocycles. The third-order valence-corrected chi connectivity index (χ3v) is 6.82. The molecule has 0 unspecified atom stereocenters. The van der Waals surface area contributed by atoms with Crippen molar-refractivity contribution in [2.24, 2.45) is 5.10 Å². The smallest absolute Gasteiger partial charge is 0.291 e. The molecule has 1 aliphatic carbocycles. The van der Waals surface area contributed by atoms with E-state index < -0.39 is 15.8 Å². The quantitative estimate of drug-likeness (QED) is 0.533. The minimum atomic E-state index is -3.96. The van der Waals surface area contributed by atoms with Crippen LogP contribution in [-0.2, 0) is 16.4 Å². The summed E-state index contributed by atoms with van der Waals surface area (Å²) in [5.74, 6) is -0.124. The van der Waals surface area contributed by atoms with E-state index >= 15 is 0 Å². The van der Waals surface area contributed by atoms with Crippen molar-refractivity contribution in [2.45, 2.75) is 44.9 Å². The molecule has 1 amide bonds. The summed E-state index contributed by atoms with van der Waals surface area (Å²) in [5, 5.41) is 7.03. The van der Waals surface area contributed by atoms with Crippen LogP contribution in [0.1, 0.15) is 51.4 Å². The van der Waals surface area contributed by atoms with Crippen LogP contribution < -0.4 is 10.1 Å². The first-order valence-electron chi connectivity index (χ1n) is 10.5. The number of sulfonamides is 1. The van der Waals surface area contributed by atoms with Gasteiger partial charge in [-0.15, -0.1) is 0 Å². The van der Waals surface area contributed by atoms with Gasteiger partial charge in [0.05, 0.1) is 10.6 Å². The second kappa shape index (κ2) is 8.82. The Morgan fingerprint density at radius 3 is 2.52 bits per heavy atom. The predicted octanol–water partition coefficient (Wildman–Crippen LogP) is 4.62. The van der Waals surface area contributed by atoms with Crippen molar-refractivity contribution in [3.05, 3.63) is 82.1 Å². The maximum Gasteiger partial charge on any atom is 0.291 e. The molecule has 1 heterocycles. The van der Waals surface area contributed by atoms with Crippen LogP contribution in [0, 0.1) is 26.6 Å². The predicted molar refractivity (Wildman–Crippen MR) is 124 cm³/mol. The van der Waals surface area contributed by atoms with Crippen molar-refractivity contribution in [3.63, 3.8) is 0 Å². The molecule has 0 radical (unpaired) electrons. The topological polar surface area (TPSA) is 101 Å². The molecular weight excluding hydrogens is 445 g/mol. The Bertz CT molecular complexity index is 1360. The average Bonchev–Trinajstić information content (AvgIpc) is 3.12. The fourth-order valence-electron chi connectivity index (χ4n) is 3.83. The van der Waals surface area contributed by atoms with Gasteiger partial charge in [-0.05, 0) is 75.1 Å². The van der Waals surface area contributed by atoms with Crippen LogP contribution in [0.5, 0.6) is 0 Å². The lowest BCUT2D eigenvalue weighted by Gasteiger charge is -2.14. The van der Waals surface area contributed by atoms with Gasteiger partial charge in [0.1, 0.15) is 11.6 Å². The van der Waals surface area contributed by atoms with Crippen LogP contribution in [-0.4, -0.2) is 20.0 Å². The number of carbonyl (C=O) groups is 1. The van der Waals surface area contributed by atoms with Crippen LogP contribution in [0.4, 0.5) is 10.1 Å². The van der Waals surface area contributed by atoms with E-state index in [1.54, 1.807) is 6.92 Å². The summed E-state index contributed by atoms with van der Waals surface area (Å²) in [6.07, 6.45) is 1.85. The highest BCUT2D eigenvalue weighted by Gasteiger charge is 2.28. The lowest BCUT2D eigenvalue weighted by atomic mass is 9.93. The number of rotatable bonds is 5. The lowest BCUT2D eigenvalue weighted by Crippen LogP contribution is -2.22. The number of nitrogens with one attached hydrogen (secondary N) is 2. The van der Waals surface area contributed by atoms with E-state index in [4.69, 9.17) is 4.42 Å². The summed E-state index contributed by atoms with van der Waals surface area (Å²) in [5.41, 5.74) is 4.40. The zero-order valence-corrected chi connectivity index (χ0v) is 19.3. The maximum atomic E-state index is 13.1. The molecule has 2 aromatic carbocycles. The van der Waals surface area contributed by atoms with Gasteiger partial charge in [-0.3, -0.25) is 4.79 Å². The number of aryl methyl sites for hydroxylation is 3. The number of furan rings is 1. The van der Waals surface area contributed by atoms with Crippen LogP contribution in [0.2, 0.25) is 0 Å². The van der Waals surface area contributed by atoms with Crippen molar-refractivity contribution >= 4 is 27.3 Å². The summed E-state index contributed by atoms with van der Waals surface area (Å²) in [7, 11) is -3.96. The van der Waals surface area contributed by atoms with Gasteiger partial charge in [-0.25, -0.2) is 4.39 Å². The van der Waals surface area contributed by atoms with Gasteiger partial charge in [0, 0.05) is 23.2 Å². The number of benzene rings is 2. The second-order valence-corrected chi connectivity index (χ2v) is 9.75. The number of carbonyl (C=O) groups excluding carboxylic acids is 1. The second-order valence-electron chi connectivity index (χ2n) is 8.09. The van der Waals surface area contributed by atoms with Crippen LogP contribution in [0.25, 0.3) is 0 Å². The van der Waals surface area contributed by atoms with E-state index in [0.717, 1.165) is 23.3 Å². The van der Waals surface area contributed by atoms with Crippen LogP contribution in [0.3, 0.4) is 0 Å². The van der Waals surface area contributed by atoms with Gasteiger partial charge in [0.15, 0.2) is 5.76 Å². The molecule has 4 rings (SSSR count). The summed E-state index contributed by atoms with van der Waals surface area (Å²) in [6, 6.07) is 10.3. The molecule has 0 saturated heterocycles. The minimum Gasteiger partial charge on any atom is -0.455 e. The van der Waals surface area contributed by atoms with E-state index in [1.807, 2.05) is 32.0 Å². The first-order valence-corrected chi connectivity index (χ1v) is 12.0. The minimum absolute atomic E-state index is 0.0956. The van der Waals surface area contributed by atoms with E-state index in [-0.39, 0.29) is 16.6 Å². The van der Waals surface area contributed by atoms with Gasteiger partial charge in [0.2, 0.25) is 0 Å². The third-order valence-electron chi connectivity index (χ3n) is 5.60. The van der Waals surface area contributed by atoms with E-state index in [1.165, 1.54) is 12.1 Å². The largest absolute Gasteiger partial charge is 0.455 e. The van der Waals surface area contributed by atoms with Crippen LogP contribution >= 0.6 is 0 Å². The number of amides is 1. The zero-order chi connectivity index (χ0) is 23.8. The average molecular weight is 470 g/mol. The number of hydrogen-bond acceptors (Lipinski definition) is 5. The summed E-state index contributed by atoms with van der Waals surface area (Å²) < 4.78 is 44.1. The molecule has 0 atom stereocenters. The molecule has 9 heteroatoms.